The number of piperidine rings is 1. The monoisotopic (exact) mass is 285 g/mol. The molecule has 88 valence electrons. The number of alkyl halides is 1. The van der Waals surface area contributed by atoms with Gasteiger partial charge in [-0.1, -0.05) is 28.1 Å². The average Bonchev–Trinajstić information content (AvgIpc) is 2.29. The van der Waals surface area contributed by atoms with Gasteiger partial charge in [-0.3, -0.25) is 0 Å². The highest BCUT2D eigenvalue weighted by Gasteiger charge is 2.16. The summed E-state index contributed by atoms with van der Waals surface area (Å²) in [6, 6.07) is 6.04. The van der Waals surface area contributed by atoms with E-state index in [9.17, 15) is 4.39 Å². The fourth-order valence-corrected chi connectivity index (χ4v) is 2.97. The summed E-state index contributed by atoms with van der Waals surface area (Å²) in [4.78, 5) is 0. The molecule has 0 amide bonds. The molecule has 1 aliphatic rings. The maximum Gasteiger partial charge on any atom is 0.123 e. The zero-order valence-electron chi connectivity index (χ0n) is 9.47. The zero-order valence-corrected chi connectivity index (χ0v) is 11.1. The lowest BCUT2D eigenvalue weighted by Crippen LogP contribution is -2.28. The number of rotatable bonds is 2. The van der Waals surface area contributed by atoms with Crippen molar-refractivity contribution in [2.24, 2.45) is 0 Å². The molecule has 0 saturated carbocycles. The summed E-state index contributed by atoms with van der Waals surface area (Å²) < 4.78 is 14.1. The minimum atomic E-state index is -0.909. The summed E-state index contributed by atoms with van der Waals surface area (Å²) in [5, 5.41) is 3.40. The van der Waals surface area contributed by atoms with Crippen LogP contribution in [0.5, 0.6) is 0 Å². The van der Waals surface area contributed by atoms with Gasteiger partial charge in [-0.05, 0) is 49.4 Å². The van der Waals surface area contributed by atoms with Gasteiger partial charge in [-0.15, -0.1) is 0 Å². The molecule has 1 nitrogen and oxygen atoms in total. The number of hydrogen-bond acceptors (Lipinski definition) is 1. The third-order valence-corrected chi connectivity index (χ3v) is 3.91. The standard InChI is InChI=1S/C13H17BrFN/c1-9(15)12-5-4-10(7-13(12)14)11-3-2-6-16-8-11/h4-5,7,9,11,16H,2-3,6,8H2,1H3. The minimum Gasteiger partial charge on any atom is -0.316 e. The van der Waals surface area contributed by atoms with Crippen LogP contribution in [-0.4, -0.2) is 13.1 Å². The Labute approximate surface area is 105 Å². The van der Waals surface area contributed by atoms with E-state index in [2.05, 4.69) is 33.4 Å². The molecule has 1 aromatic carbocycles. The highest BCUT2D eigenvalue weighted by molar-refractivity contribution is 9.10. The van der Waals surface area contributed by atoms with Gasteiger partial charge in [0.2, 0.25) is 0 Å². The van der Waals surface area contributed by atoms with Gasteiger partial charge in [-0.25, -0.2) is 4.39 Å². The molecule has 3 heteroatoms. The predicted octanol–water partition coefficient (Wildman–Crippen LogP) is 3.95. The quantitative estimate of drug-likeness (QED) is 0.868. The van der Waals surface area contributed by atoms with Crippen molar-refractivity contribution >= 4 is 15.9 Å². The number of nitrogens with one attached hydrogen (secondary N) is 1. The second-order valence-electron chi connectivity index (χ2n) is 4.44. The van der Waals surface area contributed by atoms with Crippen LogP contribution in [0.15, 0.2) is 22.7 Å². The molecule has 0 spiro atoms. The van der Waals surface area contributed by atoms with Gasteiger partial charge in [0.1, 0.15) is 6.17 Å². The van der Waals surface area contributed by atoms with Gasteiger partial charge in [0.05, 0.1) is 0 Å². The summed E-state index contributed by atoms with van der Waals surface area (Å²) in [6.07, 6.45) is 1.54. The van der Waals surface area contributed by atoms with Crippen molar-refractivity contribution < 1.29 is 4.39 Å². The Morgan fingerprint density at radius 3 is 2.88 bits per heavy atom. The lowest BCUT2D eigenvalue weighted by Gasteiger charge is -2.23. The van der Waals surface area contributed by atoms with Crippen molar-refractivity contribution in [3.63, 3.8) is 0 Å². The molecule has 0 bridgehead atoms. The van der Waals surface area contributed by atoms with Gasteiger partial charge in [0, 0.05) is 11.0 Å². The third kappa shape index (κ3) is 2.64. The van der Waals surface area contributed by atoms with Crippen molar-refractivity contribution in [2.75, 3.05) is 13.1 Å². The van der Waals surface area contributed by atoms with Crippen LogP contribution < -0.4 is 5.32 Å². The Morgan fingerprint density at radius 2 is 2.31 bits per heavy atom. The Kier molecular flexibility index (Phi) is 3.98. The molecule has 1 N–H and O–H groups in total. The summed E-state index contributed by atoms with van der Waals surface area (Å²) in [5.74, 6) is 0.578. The van der Waals surface area contributed by atoms with Crippen LogP contribution in [0.25, 0.3) is 0 Å². The molecule has 1 aromatic rings. The van der Waals surface area contributed by atoms with E-state index in [-0.39, 0.29) is 0 Å². The van der Waals surface area contributed by atoms with Crippen molar-refractivity contribution in [3.8, 4) is 0 Å². The van der Waals surface area contributed by atoms with Crippen molar-refractivity contribution in [2.45, 2.75) is 31.9 Å². The molecule has 1 aliphatic heterocycles. The summed E-state index contributed by atoms with van der Waals surface area (Å²) in [6.45, 7) is 3.73. The van der Waals surface area contributed by atoms with Crippen LogP contribution in [0.4, 0.5) is 4.39 Å². The first-order valence-corrected chi connectivity index (χ1v) is 6.62. The summed E-state index contributed by atoms with van der Waals surface area (Å²) in [5.41, 5.74) is 2.05. The third-order valence-electron chi connectivity index (χ3n) is 3.22. The van der Waals surface area contributed by atoms with Crippen molar-refractivity contribution in [1.29, 1.82) is 0 Å². The minimum absolute atomic E-state index is 0.578. The Hall–Kier alpha value is -0.410. The van der Waals surface area contributed by atoms with E-state index < -0.39 is 6.17 Å². The predicted molar refractivity (Wildman–Crippen MR) is 68.5 cm³/mol. The Balaban J connectivity index is 2.19. The molecular formula is C13H17BrFN. The number of benzene rings is 1. The molecule has 0 radical (unpaired) electrons. The van der Waals surface area contributed by atoms with E-state index in [1.165, 1.54) is 18.4 Å². The van der Waals surface area contributed by atoms with Gasteiger partial charge < -0.3 is 5.32 Å². The van der Waals surface area contributed by atoms with E-state index in [1.54, 1.807) is 6.92 Å². The van der Waals surface area contributed by atoms with E-state index >= 15 is 0 Å². The lowest BCUT2D eigenvalue weighted by molar-refractivity contribution is 0.372. The fraction of sp³-hybridized carbons (Fsp3) is 0.538. The second kappa shape index (κ2) is 5.28. The first kappa shape index (κ1) is 12.1. The van der Waals surface area contributed by atoms with Gasteiger partial charge >= 0.3 is 0 Å². The first-order chi connectivity index (χ1) is 7.68. The van der Waals surface area contributed by atoms with Gasteiger partial charge in [0.15, 0.2) is 0 Å². The molecule has 2 unspecified atom stereocenters. The van der Waals surface area contributed by atoms with Gasteiger partial charge in [-0.2, -0.15) is 0 Å². The zero-order chi connectivity index (χ0) is 11.5. The second-order valence-corrected chi connectivity index (χ2v) is 5.29. The molecule has 0 aromatic heterocycles. The summed E-state index contributed by atoms with van der Waals surface area (Å²) >= 11 is 3.45. The topological polar surface area (TPSA) is 12.0 Å². The molecule has 1 heterocycles. The average molecular weight is 286 g/mol. The molecule has 1 saturated heterocycles. The van der Waals surface area contributed by atoms with Crippen LogP contribution in [0.1, 0.15) is 43.0 Å². The number of hydrogen-bond donors (Lipinski definition) is 1. The molecule has 16 heavy (non-hydrogen) atoms. The van der Waals surface area contributed by atoms with Crippen LogP contribution in [-0.2, 0) is 0 Å². The van der Waals surface area contributed by atoms with E-state index in [1.807, 2.05) is 6.07 Å². The Bertz CT molecular complexity index is 359. The fourth-order valence-electron chi connectivity index (χ4n) is 2.26. The molecule has 2 rings (SSSR count). The van der Waals surface area contributed by atoms with Gasteiger partial charge in [0.25, 0.3) is 0 Å². The smallest absolute Gasteiger partial charge is 0.123 e. The van der Waals surface area contributed by atoms with Crippen LogP contribution in [0, 0.1) is 0 Å². The van der Waals surface area contributed by atoms with E-state index in [0.717, 1.165) is 23.1 Å². The highest BCUT2D eigenvalue weighted by Crippen LogP contribution is 2.31. The maximum absolute atomic E-state index is 13.2. The maximum atomic E-state index is 13.2. The number of halogens is 2. The molecular weight excluding hydrogens is 269 g/mol. The lowest BCUT2D eigenvalue weighted by atomic mass is 9.91. The highest BCUT2D eigenvalue weighted by atomic mass is 79.9. The molecule has 0 aliphatic carbocycles. The van der Waals surface area contributed by atoms with Crippen molar-refractivity contribution in [3.05, 3.63) is 33.8 Å². The van der Waals surface area contributed by atoms with Crippen LogP contribution in [0.2, 0.25) is 0 Å². The summed E-state index contributed by atoms with van der Waals surface area (Å²) in [7, 11) is 0. The van der Waals surface area contributed by atoms with Crippen LogP contribution in [0.3, 0.4) is 0 Å². The van der Waals surface area contributed by atoms with Crippen molar-refractivity contribution in [1.82, 2.24) is 5.32 Å². The van der Waals surface area contributed by atoms with E-state index in [0.29, 0.717) is 5.92 Å². The van der Waals surface area contributed by atoms with Crippen LogP contribution >= 0.6 is 15.9 Å². The SMILES string of the molecule is CC(F)c1ccc(C2CCCNC2)cc1Br. The largest absolute Gasteiger partial charge is 0.316 e. The molecule has 2 atom stereocenters. The molecule has 1 fully saturated rings. The first-order valence-electron chi connectivity index (χ1n) is 5.82. The Morgan fingerprint density at radius 1 is 1.50 bits per heavy atom. The van der Waals surface area contributed by atoms with E-state index in [4.69, 9.17) is 0 Å². The normalized spacial score (nSPS) is 23.1.